The largest absolute Gasteiger partial charge is 0.356 e. The molecule has 0 heterocycles. The molecule has 1 nitrogen and oxygen atoms in total. The van der Waals surface area contributed by atoms with E-state index < -0.39 is 6.30 Å². The summed E-state index contributed by atoms with van der Waals surface area (Å²) in [7, 11) is 0. The monoisotopic (exact) mass is 233 g/mol. The maximum absolute atomic E-state index is 13.7. The second kappa shape index (κ2) is 5.43. The van der Waals surface area contributed by atoms with Crippen molar-refractivity contribution < 1.29 is 8.78 Å². The molecule has 88 valence electrons. The first-order valence-corrected chi connectivity index (χ1v) is 5.45. The molecule has 3 heteroatoms. The van der Waals surface area contributed by atoms with Crippen molar-refractivity contribution in [1.82, 2.24) is 0 Å². The van der Waals surface area contributed by atoms with Gasteiger partial charge in [0.1, 0.15) is 5.82 Å². The number of nitrogens with one attached hydrogen (secondary N) is 1. The third kappa shape index (κ3) is 3.28. The van der Waals surface area contributed by atoms with Gasteiger partial charge < -0.3 is 5.32 Å². The lowest BCUT2D eigenvalue weighted by Gasteiger charge is -2.12. The summed E-state index contributed by atoms with van der Waals surface area (Å²) in [5.74, 6) is -0.370. The molecule has 0 radical (unpaired) electrons. The number of alkyl halides is 1. The number of hydrogen-bond donors (Lipinski definition) is 1. The van der Waals surface area contributed by atoms with Crippen LogP contribution in [0.15, 0.2) is 54.6 Å². The fraction of sp³-hybridized carbons (Fsp3) is 0.143. The van der Waals surface area contributed by atoms with Crippen molar-refractivity contribution in [3.63, 3.8) is 0 Å². The average molecular weight is 233 g/mol. The maximum Gasteiger partial charge on any atom is 0.174 e. The molecule has 0 amide bonds. The maximum atomic E-state index is 13.7. The molecule has 0 saturated carbocycles. The van der Waals surface area contributed by atoms with Crippen molar-refractivity contribution in [2.45, 2.75) is 12.7 Å². The van der Waals surface area contributed by atoms with E-state index in [2.05, 4.69) is 5.32 Å². The number of benzene rings is 2. The SMILES string of the molecule is Fc1ccccc1CC(F)Nc1ccccc1. The summed E-state index contributed by atoms with van der Waals surface area (Å²) in [6.45, 7) is 0. The van der Waals surface area contributed by atoms with Gasteiger partial charge in [0.25, 0.3) is 0 Å². The molecule has 0 saturated heterocycles. The molecule has 1 atom stereocenters. The molecule has 0 aliphatic heterocycles. The van der Waals surface area contributed by atoms with Gasteiger partial charge in [0, 0.05) is 12.1 Å². The minimum absolute atomic E-state index is 0.0154. The highest BCUT2D eigenvalue weighted by Crippen LogP contribution is 2.14. The molecular formula is C14H13F2N. The van der Waals surface area contributed by atoms with E-state index >= 15 is 0 Å². The standard InChI is InChI=1S/C14H13F2N/c15-13-9-5-4-6-11(13)10-14(16)17-12-7-2-1-3-8-12/h1-9,14,17H,10H2. The molecule has 1 unspecified atom stereocenters. The van der Waals surface area contributed by atoms with Gasteiger partial charge in [0.15, 0.2) is 6.30 Å². The zero-order chi connectivity index (χ0) is 12.1. The Balaban J connectivity index is 1.98. The third-order valence-corrected chi connectivity index (χ3v) is 2.45. The zero-order valence-corrected chi connectivity index (χ0v) is 9.24. The first kappa shape index (κ1) is 11.6. The van der Waals surface area contributed by atoms with E-state index in [1.165, 1.54) is 6.07 Å². The Kier molecular flexibility index (Phi) is 3.70. The van der Waals surface area contributed by atoms with Gasteiger partial charge in [-0.3, -0.25) is 0 Å². The fourth-order valence-electron chi connectivity index (χ4n) is 1.62. The van der Waals surface area contributed by atoms with Gasteiger partial charge in [-0.1, -0.05) is 36.4 Å². The summed E-state index contributed by atoms with van der Waals surface area (Å²) >= 11 is 0. The first-order chi connectivity index (χ1) is 8.25. The van der Waals surface area contributed by atoms with Crippen molar-refractivity contribution >= 4 is 5.69 Å². The van der Waals surface area contributed by atoms with Crippen LogP contribution in [-0.2, 0) is 6.42 Å². The lowest BCUT2D eigenvalue weighted by atomic mass is 10.1. The van der Waals surface area contributed by atoms with Crippen LogP contribution >= 0.6 is 0 Å². The van der Waals surface area contributed by atoms with E-state index in [1.54, 1.807) is 30.3 Å². The highest BCUT2D eigenvalue weighted by molar-refractivity contribution is 5.43. The number of anilines is 1. The summed E-state index contributed by atoms with van der Waals surface area (Å²) < 4.78 is 27.0. The van der Waals surface area contributed by atoms with Crippen LogP contribution in [-0.4, -0.2) is 6.30 Å². The molecule has 1 N–H and O–H groups in total. The third-order valence-electron chi connectivity index (χ3n) is 2.45. The van der Waals surface area contributed by atoms with E-state index in [9.17, 15) is 8.78 Å². The molecule has 0 fully saturated rings. The highest BCUT2D eigenvalue weighted by Gasteiger charge is 2.10. The Morgan fingerprint density at radius 2 is 1.59 bits per heavy atom. The summed E-state index contributed by atoms with van der Waals surface area (Å²) in [6.07, 6.45) is -1.28. The topological polar surface area (TPSA) is 12.0 Å². The van der Waals surface area contributed by atoms with E-state index in [1.807, 2.05) is 18.2 Å². The van der Waals surface area contributed by atoms with Gasteiger partial charge >= 0.3 is 0 Å². The van der Waals surface area contributed by atoms with Gasteiger partial charge in [-0.15, -0.1) is 0 Å². The molecular weight excluding hydrogens is 220 g/mol. The average Bonchev–Trinajstić information content (AvgIpc) is 2.33. The predicted molar refractivity (Wildman–Crippen MR) is 65.1 cm³/mol. The Hall–Kier alpha value is -1.90. The van der Waals surface area contributed by atoms with E-state index in [0.717, 1.165) is 0 Å². The molecule has 2 aromatic carbocycles. The van der Waals surface area contributed by atoms with Crippen molar-refractivity contribution in [2.75, 3.05) is 5.32 Å². The van der Waals surface area contributed by atoms with E-state index in [0.29, 0.717) is 11.3 Å². The predicted octanol–water partition coefficient (Wildman–Crippen LogP) is 3.78. The lowest BCUT2D eigenvalue weighted by molar-refractivity contribution is 0.367. The van der Waals surface area contributed by atoms with Crippen LogP contribution in [0, 0.1) is 5.82 Å². The molecule has 2 aromatic rings. The van der Waals surface area contributed by atoms with E-state index in [-0.39, 0.29) is 12.2 Å². The van der Waals surface area contributed by atoms with Crippen LogP contribution < -0.4 is 5.32 Å². The molecule has 0 bridgehead atoms. The molecule has 0 spiro atoms. The second-order valence-electron chi connectivity index (χ2n) is 3.77. The van der Waals surface area contributed by atoms with Crippen LogP contribution in [0.1, 0.15) is 5.56 Å². The van der Waals surface area contributed by atoms with Gasteiger partial charge in [-0.2, -0.15) is 0 Å². The summed E-state index contributed by atoms with van der Waals surface area (Å²) in [6, 6.07) is 15.3. The Bertz CT molecular complexity index is 471. The molecule has 2 rings (SSSR count). The van der Waals surface area contributed by atoms with E-state index in [4.69, 9.17) is 0 Å². The lowest BCUT2D eigenvalue weighted by Crippen LogP contribution is -2.17. The summed E-state index contributed by atoms with van der Waals surface area (Å²) in [5.41, 5.74) is 1.07. The Morgan fingerprint density at radius 1 is 0.941 bits per heavy atom. The molecule has 0 aliphatic carbocycles. The second-order valence-corrected chi connectivity index (χ2v) is 3.77. The van der Waals surface area contributed by atoms with Crippen LogP contribution in [0.3, 0.4) is 0 Å². The smallest absolute Gasteiger partial charge is 0.174 e. The van der Waals surface area contributed by atoms with Crippen molar-refractivity contribution in [1.29, 1.82) is 0 Å². The normalized spacial score (nSPS) is 12.1. The molecule has 0 aliphatic rings. The van der Waals surface area contributed by atoms with Crippen molar-refractivity contribution in [3.05, 3.63) is 66.0 Å². The first-order valence-electron chi connectivity index (χ1n) is 5.45. The molecule has 0 aromatic heterocycles. The minimum atomic E-state index is -1.30. The van der Waals surface area contributed by atoms with Crippen LogP contribution in [0.4, 0.5) is 14.5 Å². The number of halogens is 2. The zero-order valence-electron chi connectivity index (χ0n) is 9.24. The van der Waals surface area contributed by atoms with Crippen LogP contribution in [0.5, 0.6) is 0 Å². The number of para-hydroxylation sites is 1. The summed E-state index contributed by atoms with van der Waals surface area (Å²) in [5, 5.41) is 2.68. The van der Waals surface area contributed by atoms with Gasteiger partial charge in [-0.05, 0) is 23.8 Å². The molecule has 17 heavy (non-hydrogen) atoms. The fourth-order valence-corrected chi connectivity index (χ4v) is 1.62. The quantitative estimate of drug-likeness (QED) is 0.792. The van der Waals surface area contributed by atoms with Crippen molar-refractivity contribution in [3.8, 4) is 0 Å². The van der Waals surface area contributed by atoms with Crippen LogP contribution in [0.2, 0.25) is 0 Å². The van der Waals surface area contributed by atoms with Gasteiger partial charge in [0.05, 0.1) is 0 Å². The minimum Gasteiger partial charge on any atom is -0.356 e. The number of hydrogen-bond acceptors (Lipinski definition) is 1. The number of rotatable bonds is 4. The Morgan fingerprint density at radius 3 is 2.29 bits per heavy atom. The van der Waals surface area contributed by atoms with Crippen LogP contribution in [0.25, 0.3) is 0 Å². The Labute approximate surface area is 99.1 Å². The van der Waals surface area contributed by atoms with Crippen molar-refractivity contribution in [2.24, 2.45) is 0 Å². The van der Waals surface area contributed by atoms with Gasteiger partial charge in [0.2, 0.25) is 0 Å². The summed E-state index contributed by atoms with van der Waals surface area (Å²) in [4.78, 5) is 0. The highest BCUT2D eigenvalue weighted by atomic mass is 19.1. The van der Waals surface area contributed by atoms with Gasteiger partial charge in [-0.25, -0.2) is 8.78 Å².